The van der Waals surface area contributed by atoms with E-state index >= 15 is 0 Å². The topological polar surface area (TPSA) is 52.7 Å². The standard InChI is InChI=1S/C26H21N3O2/c30-25(21-13-5-1-6-14-21)29(24-19-11-4-12-20-24)27-26(31)28(22-15-7-2-8-16-22)23-17-9-3-10-18-23/h1-20H,(H,27,31). The monoisotopic (exact) mass is 407 g/mol. The fourth-order valence-corrected chi connectivity index (χ4v) is 3.20. The van der Waals surface area contributed by atoms with Crippen LogP contribution in [-0.4, -0.2) is 11.9 Å². The zero-order valence-electron chi connectivity index (χ0n) is 16.8. The fourth-order valence-electron chi connectivity index (χ4n) is 3.20. The van der Waals surface area contributed by atoms with Gasteiger partial charge in [-0.1, -0.05) is 72.8 Å². The van der Waals surface area contributed by atoms with Crippen LogP contribution in [0.4, 0.5) is 21.9 Å². The molecule has 0 atom stereocenters. The molecule has 0 aliphatic rings. The Balaban J connectivity index is 1.71. The number of hydrazine groups is 1. The van der Waals surface area contributed by atoms with Gasteiger partial charge in [-0.25, -0.2) is 15.2 Å². The van der Waals surface area contributed by atoms with E-state index in [1.54, 1.807) is 36.4 Å². The van der Waals surface area contributed by atoms with Crippen LogP contribution in [0.3, 0.4) is 0 Å². The maximum Gasteiger partial charge on any atom is 0.345 e. The lowest BCUT2D eigenvalue weighted by Crippen LogP contribution is -2.51. The molecule has 1 N–H and O–H groups in total. The molecule has 0 aliphatic carbocycles. The second-order valence-electron chi connectivity index (χ2n) is 6.77. The summed E-state index contributed by atoms with van der Waals surface area (Å²) in [7, 11) is 0. The summed E-state index contributed by atoms with van der Waals surface area (Å²) in [6.07, 6.45) is 0. The summed E-state index contributed by atoms with van der Waals surface area (Å²) in [6, 6.07) is 36.1. The Morgan fingerprint density at radius 3 is 1.35 bits per heavy atom. The minimum atomic E-state index is -0.453. The molecule has 0 saturated carbocycles. The number of urea groups is 1. The summed E-state index contributed by atoms with van der Waals surface area (Å²) in [6.45, 7) is 0. The third-order valence-corrected chi connectivity index (χ3v) is 4.68. The molecule has 0 aromatic heterocycles. The first-order chi connectivity index (χ1) is 15.2. The molecule has 0 bridgehead atoms. The van der Waals surface area contributed by atoms with Crippen LogP contribution >= 0.6 is 0 Å². The zero-order valence-corrected chi connectivity index (χ0v) is 16.8. The molecule has 0 unspecified atom stereocenters. The van der Waals surface area contributed by atoms with Gasteiger partial charge in [0.15, 0.2) is 0 Å². The average molecular weight is 407 g/mol. The van der Waals surface area contributed by atoms with Crippen LogP contribution in [0.25, 0.3) is 0 Å². The molecule has 3 amide bonds. The summed E-state index contributed by atoms with van der Waals surface area (Å²) in [5.41, 5.74) is 5.20. The van der Waals surface area contributed by atoms with Gasteiger partial charge in [-0.05, 0) is 48.5 Å². The summed E-state index contributed by atoms with van der Waals surface area (Å²) < 4.78 is 0. The molecule has 0 fully saturated rings. The first-order valence-corrected chi connectivity index (χ1v) is 9.89. The van der Waals surface area contributed by atoms with Crippen molar-refractivity contribution >= 4 is 29.0 Å². The van der Waals surface area contributed by atoms with Crippen molar-refractivity contribution in [3.8, 4) is 0 Å². The number of amides is 3. The molecule has 4 aromatic rings. The molecule has 0 spiro atoms. The Kier molecular flexibility index (Phi) is 6.05. The van der Waals surface area contributed by atoms with Gasteiger partial charge in [0, 0.05) is 5.56 Å². The molecule has 4 rings (SSSR count). The Hall–Kier alpha value is -4.38. The average Bonchev–Trinajstić information content (AvgIpc) is 2.85. The van der Waals surface area contributed by atoms with Crippen LogP contribution in [0.5, 0.6) is 0 Å². The number of rotatable bonds is 4. The van der Waals surface area contributed by atoms with E-state index in [2.05, 4.69) is 5.43 Å². The smallest absolute Gasteiger partial charge is 0.267 e. The van der Waals surface area contributed by atoms with Crippen molar-refractivity contribution in [2.45, 2.75) is 0 Å². The van der Waals surface area contributed by atoms with E-state index in [0.29, 0.717) is 22.6 Å². The molecule has 5 heteroatoms. The van der Waals surface area contributed by atoms with Crippen molar-refractivity contribution in [1.29, 1.82) is 0 Å². The highest BCUT2D eigenvalue weighted by atomic mass is 16.2. The number of hydrogen-bond acceptors (Lipinski definition) is 2. The minimum Gasteiger partial charge on any atom is -0.267 e. The van der Waals surface area contributed by atoms with E-state index in [9.17, 15) is 9.59 Å². The van der Waals surface area contributed by atoms with E-state index in [1.165, 1.54) is 9.91 Å². The van der Waals surface area contributed by atoms with Gasteiger partial charge in [0.05, 0.1) is 17.1 Å². The van der Waals surface area contributed by atoms with Crippen molar-refractivity contribution in [1.82, 2.24) is 5.43 Å². The SMILES string of the molecule is O=C(c1ccccc1)N(NC(=O)N(c1ccccc1)c1ccccc1)c1ccccc1. The summed E-state index contributed by atoms with van der Waals surface area (Å²) in [5.74, 6) is -0.332. The van der Waals surface area contributed by atoms with Crippen molar-refractivity contribution in [3.05, 3.63) is 127 Å². The van der Waals surface area contributed by atoms with Gasteiger partial charge in [0.25, 0.3) is 5.91 Å². The van der Waals surface area contributed by atoms with E-state index in [0.717, 1.165) is 0 Å². The number of carbonyl (C=O) groups is 2. The number of anilines is 3. The number of hydrogen-bond donors (Lipinski definition) is 1. The molecule has 5 nitrogen and oxygen atoms in total. The molecule has 4 aromatic carbocycles. The second-order valence-corrected chi connectivity index (χ2v) is 6.77. The molecule has 0 aliphatic heterocycles. The number of carbonyl (C=O) groups excluding carboxylic acids is 2. The lowest BCUT2D eigenvalue weighted by Gasteiger charge is -2.29. The van der Waals surface area contributed by atoms with Crippen LogP contribution in [-0.2, 0) is 0 Å². The largest absolute Gasteiger partial charge is 0.345 e. The molecule has 0 saturated heterocycles. The maximum absolute atomic E-state index is 13.5. The Bertz CT molecular complexity index is 1090. The lowest BCUT2D eigenvalue weighted by molar-refractivity contribution is 0.0976. The summed E-state index contributed by atoms with van der Waals surface area (Å²) in [5, 5.41) is 1.27. The Labute approximate surface area is 181 Å². The van der Waals surface area contributed by atoms with E-state index < -0.39 is 6.03 Å². The number of nitrogens with zero attached hydrogens (tertiary/aromatic N) is 2. The zero-order chi connectivity index (χ0) is 21.5. The van der Waals surface area contributed by atoms with Gasteiger partial charge in [0.2, 0.25) is 0 Å². The first kappa shape index (κ1) is 19.9. The number of nitrogens with one attached hydrogen (secondary N) is 1. The van der Waals surface area contributed by atoms with Crippen molar-refractivity contribution < 1.29 is 9.59 Å². The van der Waals surface area contributed by atoms with Gasteiger partial charge >= 0.3 is 6.03 Å². The summed E-state index contributed by atoms with van der Waals surface area (Å²) >= 11 is 0. The van der Waals surface area contributed by atoms with Gasteiger partial charge in [0.1, 0.15) is 0 Å². The number of para-hydroxylation sites is 3. The normalized spacial score (nSPS) is 10.2. The van der Waals surface area contributed by atoms with Gasteiger partial charge in [-0.15, -0.1) is 0 Å². The van der Waals surface area contributed by atoms with Gasteiger partial charge in [-0.2, -0.15) is 0 Å². The highest BCUT2D eigenvalue weighted by Gasteiger charge is 2.24. The fraction of sp³-hybridized carbons (Fsp3) is 0. The molecule has 0 radical (unpaired) electrons. The lowest BCUT2D eigenvalue weighted by atomic mass is 10.2. The molecular formula is C26H21N3O2. The first-order valence-electron chi connectivity index (χ1n) is 9.89. The Morgan fingerprint density at radius 1 is 0.516 bits per heavy atom. The van der Waals surface area contributed by atoms with Crippen LogP contribution in [0.2, 0.25) is 0 Å². The van der Waals surface area contributed by atoms with Gasteiger partial charge in [-0.3, -0.25) is 9.69 Å². The third kappa shape index (κ3) is 4.62. The van der Waals surface area contributed by atoms with Crippen LogP contribution in [0, 0.1) is 0 Å². The molecule has 31 heavy (non-hydrogen) atoms. The highest BCUT2D eigenvalue weighted by molar-refractivity contribution is 6.09. The van der Waals surface area contributed by atoms with Crippen molar-refractivity contribution in [2.75, 3.05) is 9.91 Å². The number of benzene rings is 4. The van der Waals surface area contributed by atoms with E-state index in [1.807, 2.05) is 84.9 Å². The van der Waals surface area contributed by atoms with E-state index in [-0.39, 0.29) is 5.91 Å². The molecular weight excluding hydrogens is 386 g/mol. The van der Waals surface area contributed by atoms with Crippen LogP contribution < -0.4 is 15.3 Å². The predicted molar refractivity (Wildman–Crippen MR) is 123 cm³/mol. The third-order valence-electron chi connectivity index (χ3n) is 4.68. The quantitative estimate of drug-likeness (QED) is 0.435. The van der Waals surface area contributed by atoms with Crippen molar-refractivity contribution in [3.63, 3.8) is 0 Å². The van der Waals surface area contributed by atoms with Gasteiger partial charge < -0.3 is 0 Å². The molecule has 152 valence electrons. The van der Waals surface area contributed by atoms with Crippen LogP contribution in [0.15, 0.2) is 121 Å². The second kappa shape index (κ2) is 9.41. The maximum atomic E-state index is 13.5. The van der Waals surface area contributed by atoms with Crippen molar-refractivity contribution in [2.24, 2.45) is 0 Å². The van der Waals surface area contributed by atoms with E-state index in [4.69, 9.17) is 0 Å². The Morgan fingerprint density at radius 2 is 0.903 bits per heavy atom. The highest BCUT2D eigenvalue weighted by Crippen LogP contribution is 2.25. The molecule has 0 heterocycles. The summed E-state index contributed by atoms with van der Waals surface area (Å²) in [4.78, 5) is 28.3. The van der Waals surface area contributed by atoms with Crippen LogP contribution in [0.1, 0.15) is 10.4 Å². The predicted octanol–water partition coefficient (Wildman–Crippen LogP) is 5.80. The minimum absolute atomic E-state index is 0.332.